The lowest BCUT2D eigenvalue weighted by molar-refractivity contribution is -0.128. The van der Waals surface area contributed by atoms with Gasteiger partial charge in [-0.05, 0) is 0 Å². The summed E-state index contributed by atoms with van der Waals surface area (Å²) in [7, 11) is 0. The van der Waals surface area contributed by atoms with E-state index in [1.165, 1.54) is 28.0 Å². The second-order valence-electron chi connectivity index (χ2n) is 3.39. The van der Waals surface area contributed by atoms with Gasteiger partial charge in [0.1, 0.15) is 0 Å². The quantitative estimate of drug-likeness (QED) is 0.741. The average molecular weight is 296 g/mol. The van der Waals surface area contributed by atoms with Crippen molar-refractivity contribution in [2.75, 3.05) is 24.6 Å². The van der Waals surface area contributed by atoms with E-state index in [2.05, 4.69) is 10.2 Å². The van der Waals surface area contributed by atoms with E-state index in [1.807, 2.05) is 12.1 Å². The molecule has 0 bridgehead atoms. The number of amides is 1. The summed E-state index contributed by atoms with van der Waals surface area (Å²) < 4.78 is 0.631. The summed E-state index contributed by atoms with van der Waals surface area (Å²) in [5, 5.41) is 24.9. The molecule has 0 aliphatic rings. The van der Waals surface area contributed by atoms with Crippen LogP contribution >= 0.6 is 23.1 Å². The highest BCUT2D eigenvalue weighted by atomic mass is 32.2. The molecular weight excluding hydrogens is 284 g/mol. The maximum Gasteiger partial charge on any atom is 0.233 e. The van der Waals surface area contributed by atoms with Gasteiger partial charge in [-0.3, -0.25) is 4.79 Å². The van der Waals surface area contributed by atoms with Crippen molar-refractivity contribution in [1.82, 2.24) is 15.1 Å². The predicted molar refractivity (Wildman–Crippen MR) is 72.1 cm³/mol. The highest BCUT2D eigenvalue weighted by molar-refractivity contribution is 8.01. The van der Waals surface area contributed by atoms with Gasteiger partial charge < -0.3 is 10.6 Å². The van der Waals surface area contributed by atoms with Crippen molar-refractivity contribution in [2.45, 2.75) is 17.2 Å². The fraction of sp³-hybridized carbons (Fsp3) is 0.500. The van der Waals surface area contributed by atoms with Crippen molar-refractivity contribution in [2.24, 2.45) is 0 Å². The van der Waals surface area contributed by atoms with Crippen molar-refractivity contribution in [1.29, 1.82) is 10.5 Å². The summed E-state index contributed by atoms with van der Waals surface area (Å²) in [6.07, 6.45) is 0.515. The van der Waals surface area contributed by atoms with Crippen LogP contribution in [0.5, 0.6) is 0 Å². The van der Waals surface area contributed by atoms with Crippen molar-refractivity contribution >= 4 is 34.1 Å². The first-order valence-corrected chi connectivity index (χ1v) is 7.21. The molecule has 1 aromatic heterocycles. The maximum absolute atomic E-state index is 11.9. The SMILES string of the molecule is N#CCCN(CCC#N)C(=O)CSc1nnc(N)s1. The Morgan fingerprint density at radius 2 is 1.95 bits per heavy atom. The van der Waals surface area contributed by atoms with E-state index >= 15 is 0 Å². The van der Waals surface area contributed by atoms with Gasteiger partial charge in [0.15, 0.2) is 4.34 Å². The lowest BCUT2D eigenvalue weighted by Crippen LogP contribution is -2.34. The van der Waals surface area contributed by atoms with Gasteiger partial charge in [-0.25, -0.2) is 0 Å². The fourth-order valence-corrected chi connectivity index (χ4v) is 2.76. The number of rotatable bonds is 7. The van der Waals surface area contributed by atoms with E-state index in [0.717, 1.165) is 0 Å². The minimum Gasteiger partial charge on any atom is -0.374 e. The molecule has 0 unspecified atom stereocenters. The number of nitrogens with two attached hydrogens (primary N) is 1. The van der Waals surface area contributed by atoms with Crippen LogP contribution in [0, 0.1) is 22.7 Å². The highest BCUT2D eigenvalue weighted by Crippen LogP contribution is 2.23. The van der Waals surface area contributed by atoms with E-state index in [9.17, 15) is 4.79 Å². The van der Waals surface area contributed by atoms with Gasteiger partial charge in [-0.2, -0.15) is 10.5 Å². The molecule has 0 radical (unpaired) electrons. The second kappa shape index (κ2) is 8.29. The molecule has 0 aromatic carbocycles. The summed E-state index contributed by atoms with van der Waals surface area (Å²) in [6, 6.07) is 3.97. The molecule has 7 nitrogen and oxygen atoms in total. The molecule has 0 spiro atoms. The molecule has 0 atom stereocenters. The smallest absolute Gasteiger partial charge is 0.233 e. The van der Waals surface area contributed by atoms with Gasteiger partial charge in [0.25, 0.3) is 0 Å². The molecular formula is C10H12N6OS2. The first-order valence-electron chi connectivity index (χ1n) is 5.40. The van der Waals surface area contributed by atoms with Crippen molar-refractivity contribution in [3.05, 3.63) is 0 Å². The van der Waals surface area contributed by atoms with Gasteiger partial charge >= 0.3 is 0 Å². The van der Waals surface area contributed by atoms with Gasteiger partial charge in [0.05, 0.1) is 30.7 Å². The molecule has 0 fully saturated rings. The zero-order valence-corrected chi connectivity index (χ0v) is 11.7. The van der Waals surface area contributed by atoms with Crippen molar-refractivity contribution in [3.8, 4) is 12.1 Å². The number of nitrogens with zero attached hydrogens (tertiary/aromatic N) is 5. The molecule has 1 amide bonds. The Labute approximate surface area is 119 Å². The Hall–Kier alpha value is -1.84. The summed E-state index contributed by atoms with van der Waals surface area (Å²) in [5.74, 6) is 0.0788. The third-order valence-electron chi connectivity index (χ3n) is 2.08. The normalized spacial score (nSPS) is 9.58. The van der Waals surface area contributed by atoms with E-state index in [1.54, 1.807) is 0 Å². The van der Waals surface area contributed by atoms with Gasteiger partial charge in [0, 0.05) is 13.1 Å². The Morgan fingerprint density at radius 3 is 2.42 bits per heavy atom. The summed E-state index contributed by atoms with van der Waals surface area (Å²) >= 11 is 2.47. The largest absolute Gasteiger partial charge is 0.374 e. The van der Waals surface area contributed by atoms with Crippen LogP contribution in [0.4, 0.5) is 5.13 Å². The zero-order valence-electron chi connectivity index (χ0n) is 10.1. The molecule has 1 aromatic rings. The molecule has 100 valence electrons. The minimum atomic E-state index is -0.121. The molecule has 0 saturated carbocycles. The maximum atomic E-state index is 11.9. The van der Waals surface area contributed by atoms with E-state index in [4.69, 9.17) is 16.3 Å². The third kappa shape index (κ3) is 5.55. The first-order chi connectivity index (χ1) is 9.17. The Morgan fingerprint density at radius 1 is 1.32 bits per heavy atom. The van der Waals surface area contributed by atoms with Crippen LogP contribution in [0.2, 0.25) is 0 Å². The molecule has 0 aliphatic heterocycles. The van der Waals surface area contributed by atoms with Crippen LogP contribution in [-0.4, -0.2) is 39.8 Å². The number of hydrogen-bond donors (Lipinski definition) is 1. The molecule has 0 saturated heterocycles. The number of nitrogen functional groups attached to an aromatic ring is 1. The Balaban J connectivity index is 2.46. The first kappa shape index (κ1) is 15.2. The number of aromatic nitrogens is 2. The summed E-state index contributed by atoms with van der Waals surface area (Å²) in [5.41, 5.74) is 5.44. The van der Waals surface area contributed by atoms with E-state index in [0.29, 0.717) is 22.6 Å². The number of carbonyl (C=O) groups is 1. The Bertz CT molecular complexity index is 485. The molecule has 0 aliphatic carbocycles. The van der Waals surface area contributed by atoms with E-state index in [-0.39, 0.29) is 24.5 Å². The predicted octanol–water partition coefficient (Wildman–Crippen LogP) is 0.868. The fourth-order valence-electron chi connectivity index (χ4n) is 1.22. The van der Waals surface area contributed by atoms with Crippen LogP contribution in [0.3, 0.4) is 0 Å². The number of thioether (sulfide) groups is 1. The van der Waals surface area contributed by atoms with Crippen LogP contribution in [0.1, 0.15) is 12.8 Å². The summed E-state index contributed by atoms with van der Waals surface area (Å²) in [6.45, 7) is 0.686. The second-order valence-corrected chi connectivity index (χ2v) is 5.62. The summed E-state index contributed by atoms with van der Waals surface area (Å²) in [4.78, 5) is 13.5. The molecule has 1 heterocycles. The number of carbonyl (C=O) groups excluding carboxylic acids is 1. The average Bonchev–Trinajstić information content (AvgIpc) is 2.82. The topological polar surface area (TPSA) is 120 Å². The molecule has 1 rings (SSSR count). The number of anilines is 1. The Kier molecular flexibility index (Phi) is 6.64. The third-order valence-corrected chi connectivity index (χ3v) is 3.95. The standard InChI is InChI=1S/C10H12N6OS2/c11-3-1-5-16(6-2-4-12)8(17)7-18-10-15-14-9(13)19-10/h1-2,5-7H2,(H2,13,14). The van der Waals surface area contributed by atoms with Crippen LogP contribution in [0.15, 0.2) is 4.34 Å². The lowest BCUT2D eigenvalue weighted by Gasteiger charge is -2.19. The lowest BCUT2D eigenvalue weighted by atomic mass is 10.3. The van der Waals surface area contributed by atoms with Gasteiger partial charge in [-0.15, -0.1) is 10.2 Å². The van der Waals surface area contributed by atoms with Crippen molar-refractivity contribution < 1.29 is 4.79 Å². The monoisotopic (exact) mass is 296 g/mol. The van der Waals surface area contributed by atoms with Crippen molar-refractivity contribution in [3.63, 3.8) is 0 Å². The molecule has 9 heteroatoms. The molecule has 19 heavy (non-hydrogen) atoms. The highest BCUT2D eigenvalue weighted by Gasteiger charge is 2.14. The van der Waals surface area contributed by atoms with Crippen LogP contribution in [0.25, 0.3) is 0 Å². The number of nitriles is 2. The van der Waals surface area contributed by atoms with Crippen LogP contribution in [-0.2, 0) is 4.79 Å². The minimum absolute atomic E-state index is 0.121. The number of hydrogen-bond acceptors (Lipinski definition) is 8. The van der Waals surface area contributed by atoms with Gasteiger partial charge in [0.2, 0.25) is 11.0 Å². The zero-order chi connectivity index (χ0) is 14.1. The van der Waals surface area contributed by atoms with Crippen LogP contribution < -0.4 is 5.73 Å². The van der Waals surface area contributed by atoms with E-state index < -0.39 is 0 Å². The molecule has 2 N–H and O–H groups in total. The van der Waals surface area contributed by atoms with Gasteiger partial charge in [-0.1, -0.05) is 23.1 Å².